The zero-order valence-corrected chi connectivity index (χ0v) is 11.6. The van der Waals surface area contributed by atoms with Gasteiger partial charge < -0.3 is 9.47 Å². The maximum atomic E-state index is 5.97. The monoisotopic (exact) mass is 273 g/mol. The summed E-state index contributed by atoms with van der Waals surface area (Å²) in [6, 6.07) is 9.94. The molecule has 0 radical (unpaired) electrons. The first-order chi connectivity index (χ1) is 9.29. The Morgan fingerprint density at radius 1 is 1.32 bits per heavy atom. The predicted octanol–water partition coefficient (Wildman–Crippen LogP) is 3.43. The van der Waals surface area contributed by atoms with Gasteiger partial charge in [0.1, 0.15) is 5.75 Å². The summed E-state index contributed by atoms with van der Waals surface area (Å²) >= 11 is 4.32. The van der Waals surface area contributed by atoms with E-state index in [1.807, 2.05) is 43.5 Å². The number of aromatic nitrogens is 1. The average molecular weight is 273 g/mol. The third kappa shape index (κ3) is 2.33. The quantitative estimate of drug-likeness (QED) is 0.851. The van der Waals surface area contributed by atoms with Crippen LogP contribution in [0.2, 0.25) is 0 Å². The molecule has 2 aromatic rings. The molecule has 1 aliphatic rings. The lowest BCUT2D eigenvalue weighted by Gasteiger charge is -2.28. The standard InChI is InChI=1S/C15H15NO2S/c1-10-14-13(12(9-19)7-16-10)8-17-15(18-14)11-5-3-2-4-6-11/h2-7,15,19H,8-9H2,1H3. The topological polar surface area (TPSA) is 31.4 Å². The molecule has 0 fully saturated rings. The number of rotatable bonds is 2. The van der Waals surface area contributed by atoms with Gasteiger partial charge in [0.05, 0.1) is 12.3 Å². The summed E-state index contributed by atoms with van der Waals surface area (Å²) in [6.45, 7) is 2.49. The summed E-state index contributed by atoms with van der Waals surface area (Å²) in [4.78, 5) is 4.36. The van der Waals surface area contributed by atoms with Crippen LogP contribution in [0.1, 0.15) is 28.7 Å². The first-order valence-electron chi connectivity index (χ1n) is 6.21. The van der Waals surface area contributed by atoms with Crippen LogP contribution in [0.5, 0.6) is 5.75 Å². The third-order valence-electron chi connectivity index (χ3n) is 3.25. The molecule has 3 nitrogen and oxygen atoms in total. The minimum absolute atomic E-state index is 0.357. The Morgan fingerprint density at radius 2 is 2.11 bits per heavy atom. The van der Waals surface area contributed by atoms with Crippen LogP contribution < -0.4 is 4.74 Å². The van der Waals surface area contributed by atoms with E-state index in [1.54, 1.807) is 0 Å². The molecule has 0 saturated carbocycles. The highest BCUT2D eigenvalue weighted by Crippen LogP contribution is 2.36. The van der Waals surface area contributed by atoms with Gasteiger partial charge in [0.2, 0.25) is 6.29 Å². The number of hydrogen-bond donors (Lipinski definition) is 1. The van der Waals surface area contributed by atoms with Crippen LogP contribution in [0.4, 0.5) is 0 Å². The molecular formula is C15H15NO2S. The molecule has 3 rings (SSSR count). The molecular weight excluding hydrogens is 258 g/mol. The van der Waals surface area contributed by atoms with E-state index < -0.39 is 0 Å². The normalized spacial score (nSPS) is 17.7. The zero-order valence-electron chi connectivity index (χ0n) is 10.7. The van der Waals surface area contributed by atoms with Crippen molar-refractivity contribution in [1.29, 1.82) is 0 Å². The fourth-order valence-corrected chi connectivity index (χ4v) is 2.47. The van der Waals surface area contributed by atoms with E-state index in [9.17, 15) is 0 Å². The molecule has 2 heterocycles. The molecule has 1 aliphatic heterocycles. The lowest BCUT2D eigenvalue weighted by Crippen LogP contribution is -2.20. The van der Waals surface area contributed by atoms with E-state index in [1.165, 1.54) is 0 Å². The molecule has 0 spiro atoms. The van der Waals surface area contributed by atoms with Crippen molar-refractivity contribution in [3.8, 4) is 5.75 Å². The zero-order chi connectivity index (χ0) is 13.2. The van der Waals surface area contributed by atoms with E-state index in [-0.39, 0.29) is 6.29 Å². The first kappa shape index (κ1) is 12.5. The van der Waals surface area contributed by atoms with E-state index >= 15 is 0 Å². The van der Waals surface area contributed by atoms with Crippen molar-refractivity contribution >= 4 is 12.6 Å². The SMILES string of the molecule is Cc1ncc(CS)c2c1OC(c1ccccc1)OC2. The van der Waals surface area contributed by atoms with Gasteiger partial charge in [-0.15, -0.1) is 0 Å². The highest BCUT2D eigenvalue weighted by molar-refractivity contribution is 7.79. The van der Waals surface area contributed by atoms with Gasteiger partial charge in [-0.2, -0.15) is 12.6 Å². The van der Waals surface area contributed by atoms with E-state index in [2.05, 4.69) is 17.6 Å². The van der Waals surface area contributed by atoms with Gasteiger partial charge in [0, 0.05) is 23.1 Å². The van der Waals surface area contributed by atoms with Crippen LogP contribution in [0, 0.1) is 6.92 Å². The van der Waals surface area contributed by atoms with Crippen molar-refractivity contribution in [3.05, 3.63) is 58.9 Å². The fourth-order valence-electron chi connectivity index (χ4n) is 2.20. The van der Waals surface area contributed by atoms with Gasteiger partial charge in [-0.05, 0) is 12.5 Å². The Balaban J connectivity index is 1.96. The second-order valence-electron chi connectivity index (χ2n) is 4.51. The molecule has 0 bridgehead atoms. The molecule has 0 N–H and O–H groups in total. The molecule has 98 valence electrons. The number of nitrogens with zero attached hydrogens (tertiary/aromatic N) is 1. The van der Waals surface area contributed by atoms with Crippen LogP contribution in [-0.4, -0.2) is 4.98 Å². The maximum Gasteiger partial charge on any atom is 0.227 e. The third-order valence-corrected chi connectivity index (χ3v) is 3.59. The smallest absolute Gasteiger partial charge is 0.227 e. The molecule has 1 unspecified atom stereocenters. The van der Waals surface area contributed by atoms with Crippen molar-refractivity contribution in [1.82, 2.24) is 4.98 Å². The maximum absolute atomic E-state index is 5.97. The van der Waals surface area contributed by atoms with Gasteiger partial charge in [0.15, 0.2) is 0 Å². The lowest BCUT2D eigenvalue weighted by molar-refractivity contribution is -0.112. The van der Waals surface area contributed by atoms with Crippen molar-refractivity contribution in [2.75, 3.05) is 0 Å². The lowest BCUT2D eigenvalue weighted by atomic mass is 10.1. The number of aryl methyl sites for hydroxylation is 1. The number of fused-ring (bicyclic) bond motifs is 1. The highest BCUT2D eigenvalue weighted by Gasteiger charge is 2.25. The summed E-state index contributed by atoms with van der Waals surface area (Å²) < 4.78 is 11.8. The summed E-state index contributed by atoms with van der Waals surface area (Å²) in [5, 5.41) is 0. The fraction of sp³-hybridized carbons (Fsp3) is 0.267. The highest BCUT2D eigenvalue weighted by atomic mass is 32.1. The Bertz CT molecular complexity index is 586. The Morgan fingerprint density at radius 3 is 2.84 bits per heavy atom. The molecule has 1 aromatic carbocycles. The van der Waals surface area contributed by atoms with Crippen molar-refractivity contribution in [2.24, 2.45) is 0 Å². The molecule has 0 amide bonds. The minimum Gasteiger partial charge on any atom is -0.458 e. The summed E-state index contributed by atoms with van der Waals surface area (Å²) in [5.74, 6) is 1.48. The first-order valence-corrected chi connectivity index (χ1v) is 6.84. The molecule has 19 heavy (non-hydrogen) atoms. The second kappa shape index (κ2) is 5.23. The summed E-state index contributed by atoms with van der Waals surface area (Å²) in [5.41, 5.74) is 4.04. The number of hydrogen-bond acceptors (Lipinski definition) is 4. The number of ether oxygens (including phenoxy) is 2. The van der Waals surface area contributed by atoms with Gasteiger partial charge in [-0.1, -0.05) is 30.3 Å². The molecule has 1 atom stereocenters. The average Bonchev–Trinajstić information content (AvgIpc) is 2.48. The van der Waals surface area contributed by atoms with Crippen LogP contribution in [0.25, 0.3) is 0 Å². The Hall–Kier alpha value is -1.52. The summed E-state index contributed by atoms with van der Waals surface area (Å²) in [6.07, 6.45) is 1.49. The Labute approximate surface area is 118 Å². The van der Waals surface area contributed by atoms with Crippen molar-refractivity contribution in [2.45, 2.75) is 25.6 Å². The molecule has 0 aliphatic carbocycles. The van der Waals surface area contributed by atoms with Gasteiger partial charge in [-0.25, -0.2) is 0 Å². The van der Waals surface area contributed by atoms with Crippen LogP contribution in [-0.2, 0) is 17.1 Å². The van der Waals surface area contributed by atoms with Crippen molar-refractivity contribution in [3.63, 3.8) is 0 Å². The summed E-state index contributed by atoms with van der Waals surface area (Å²) in [7, 11) is 0. The molecule has 1 aromatic heterocycles. The largest absolute Gasteiger partial charge is 0.458 e. The number of thiol groups is 1. The van der Waals surface area contributed by atoms with Gasteiger partial charge in [-0.3, -0.25) is 4.98 Å². The van der Waals surface area contributed by atoms with Gasteiger partial charge in [0.25, 0.3) is 0 Å². The minimum atomic E-state index is -0.357. The van der Waals surface area contributed by atoms with E-state index in [4.69, 9.17) is 9.47 Å². The Kier molecular flexibility index (Phi) is 3.44. The second-order valence-corrected chi connectivity index (χ2v) is 4.82. The van der Waals surface area contributed by atoms with Crippen LogP contribution in [0.15, 0.2) is 36.5 Å². The van der Waals surface area contributed by atoms with Crippen LogP contribution >= 0.6 is 12.6 Å². The van der Waals surface area contributed by atoms with Gasteiger partial charge >= 0.3 is 0 Å². The molecule has 0 saturated heterocycles. The predicted molar refractivity (Wildman–Crippen MR) is 76.3 cm³/mol. The van der Waals surface area contributed by atoms with Crippen LogP contribution in [0.3, 0.4) is 0 Å². The van der Waals surface area contributed by atoms with Crippen molar-refractivity contribution < 1.29 is 9.47 Å². The van der Waals surface area contributed by atoms with E-state index in [0.29, 0.717) is 12.4 Å². The van der Waals surface area contributed by atoms with E-state index in [0.717, 1.165) is 28.1 Å². The molecule has 4 heteroatoms. The number of benzene rings is 1. The number of pyridine rings is 1.